The minimum Gasteiger partial charge on any atom is -0.368 e. The third kappa shape index (κ3) is 2.96. The first-order valence-corrected chi connectivity index (χ1v) is 8.18. The number of carbonyl (C=O) groups is 1. The van der Waals surface area contributed by atoms with Crippen LogP contribution in [0.4, 0.5) is 19.0 Å². The third-order valence-electron chi connectivity index (χ3n) is 4.55. The molecule has 0 bridgehead atoms. The van der Waals surface area contributed by atoms with Gasteiger partial charge in [0, 0.05) is 24.7 Å². The number of primary amides is 1. The number of aryl methyl sites for hydroxylation is 1. The van der Waals surface area contributed by atoms with Gasteiger partial charge in [-0.2, -0.15) is 22.7 Å². The molecule has 2 aromatic heterocycles. The fourth-order valence-electron chi connectivity index (χ4n) is 3.31. The maximum absolute atomic E-state index is 13.0. The van der Waals surface area contributed by atoms with E-state index in [9.17, 15) is 18.0 Å². The maximum Gasteiger partial charge on any atom is 0.453 e. The summed E-state index contributed by atoms with van der Waals surface area (Å²) in [6.07, 6.45) is -4.34. The zero-order chi connectivity index (χ0) is 19.3. The van der Waals surface area contributed by atoms with Crippen molar-refractivity contribution in [3.63, 3.8) is 0 Å². The van der Waals surface area contributed by atoms with Crippen LogP contribution in [0.2, 0.25) is 0 Å². The molecule has 1 aliphatic rings. The molecule has 3 aromatic rings. The van der Waals surface area contributed by atoms with E-state index in [2.05, 4.69) is 15.1 Å². The summed E-state index contributed by atoms with van der Waals surface area (Å²) >= 11 is 0. The zero-order valence-electron chi connectivity index (χ0n) is 14.2. The van der Waals surface area contributed by atoms with Gasteiger partial charge in [0.15, 0.2) is 0 Å². The molecule has 2 N–H and O–H groups in total. The van der Waals surface area contributed by atoms with Crippen LogP contribution in [0.5, 0.6) is 0 Å². The average molecular weight is 376 g/mol. The molecule has 0 aliphatic carbocycles. The first-order chi connectivity index (χ1) is 12.7. The molecule has 0 saturated carbocycles. The highest BCUT2D eigenvalue weighted by molar-refractivity contribution is 5.84. The zero-order valence-corrected chi connectivity index (χ0v) is 14.2. The molecule has 0 saturated heterocycles. The monoisotopic (exact) mass is 376 g/mol. The highest BCUT2D eigenvalue weighted by atomic mass is 19.4. The number of hydrogen-bond acceptors (Lipinski definition) is 5. The Morgan fingerprint density at radius 2 is 1.93 bits per heavy atom. The Hall–Kier alpha value is -3.17. The first kappa shape index (κ1) is 17.3. The lowest BCUT2D eigenvalue weighted by Crippen LogP contribution is -2.49. The second-order valence-electron chi connectivity index (χ2n) is 6.42. The third-order valence-corrected chi connectivity index (χ3v) is 4.55. The van der Waals surface area contributed by atoms with Crippen molar-refractivity contribution in [2.75, 3.05) is 4.90 Å². The molecule has 0 unspecified atom stereocenters. The van der Waals surface area contributed by atoms with Crippen LogP contribution in [0, 0.1) is 6.92 Å². The van der Waals surface area contributed by atoms with Gasteiger partial charge >= 0.3 is 6.18 Å². The molecule has 0 fully saturated rings. The maximum atomic E-state index is 13.0. The van der Waals surface area contributed by atoms with Crippen LogP contribution < -0.4 is 10.6 Å². The molecule has 27 heavy (non-hydrogen) atoms. The fraction of sp³-hybridized carbons (Fsp3) is 0.294. The summed E-state index contributed by atoms with van der Waals surface area (Å²) in [6, 6.07) is 8.41. The predicted molar refractivity (Wildman–Crippen MR) is 89.8 cm³/mol. The first-order valence-electron chi connectivity index (χ1n) is 8.18. The second-order valence-corrected chi connectivity index (χ2v) is 6.42. The van der Waals surface area contributed by atoms with E-state index >= 15 is 0 Å². The van der Waals surface area contributed by atoms with Crippen LogP contribution in [0.15, 0.2) is 30.3 Å². The Morgan fingerprint density at radius 1 is 1.22 bits per heavy atom. The lowest BCUT2D eigenvalue weighted by atomic mass is 9.93. The van der Waals surface area contributed by atoms with Gasteiger partial charge in [-0.05, 0) is 18.1 Å². The smallest absolute Gasteiger partial charge is 0.368 e. The van der Waals surface area contributed by atoms with Gasteiger partial charge in [0.2, 0.25) is 5.91 Å². The van der Waals surface area contributed by atoms with E-state index in [1.807, 2.05) is 24.3 Å². The number of hydrogen-bond donors (Lipinski definition) is 1. The molecule has 10 heteroatoms. The predicted octanol–water partition coefficient (Wildman–Crippen LogP) is 1.87. The fourth-order valence-corrected chi connectivity index (χ4v) is 3.31. The van der Waals surface area contributed by atoms with Crippen LogP contribution in [0.25, 0.3) is 5.78 Å². The summed E-state index contributed by atoms with van der Waals surface area (Å²) in [6.45, 7) is 1.95. The average Bonchev–Trinajstić information content (AvgIpc) is 3.04. The number of fused-ring (bicyclic) bond motifs is 2. The Kier molecular flexibility index (Phi) is 3.79. The van der Waals surface area contributed by atoms with Gasteiger partial charge in [-0.25, -0.2) is 4.98 Å². The second kappa shape index (κ2) is 5.93. The summed E-state index contributed by atoms with van der Waals surface area (Å²) in [7, 11) is 0. The topological polar surface area (TPSA) is 89.4 Å². The van der Waals surface area contributed by atoms with Gasteiger partial charge in [0.05, 0.1) is 0 Å². The molecule has 1 atom stereocenters. The largest absolute Gasteiger partial charge is 0.453 e. The van der Waals surface area contributed by atoms with Crippen molar-refractivity contribution in [2.24, 2.45) is 5.73 Å². The normalized spacial score (nSPS) is 17.2. The summed E-state index contributed by atoms with van der Waals surface area (Å²) in [4.78, 5) is 21.2. The number of carbonyl (C=O) groups excluding carboxylic acids is 1. The number of rotatable bonds is 2. The molecule has 1 aromatic carbocycles. The van der Waals surface area contributed by atoms with E-state index in [0.717, 1.165) is 15.6 Å². The molecule has 0 radical (unpaired) electrons. The van der Waals surface area contributed by atoms with Gasteiger partial charge in [-0.3, -0.25) is 4.79 Å². The van der Waals surface area contributed by atoms with Crippen molar-refractivity contribution >= 4 is 17.5 Å². The summed E-state index contributed by atoms with van der Waals surface area (Å²) in [5.74, 6) is -1.74. The summed E-state index contributed by atoms with van der Waals surface area (Å²) in [5, 5.41) is 3.57. The van der Waals surface area contributed by atoms with Crippen LogP contribution in [0.3, 0.4) is 0 Å². The van der Waals surface area contributed by atoms with E-state index in [-0.39, 0.29) is 5.78 Å². The number of alkyl halides is 3. The molecule has 0 spiro atoms. The Bertz CT molecular complexity index is 1040. The van der Waals surface area contributed by atoms with Gasteiger partial charge in [0.25, 0.3) is 11.6 Å². The Balaban J connectivity index is 1.89. The van der Waals surface area contributed by atoms with Crippen molar-refractivity contribution in [3.05, 3.63) is 53.0 Å². The molecular weight excluding hydrogens is 361 g/mol. The van der Waals surface area contributed by atoms with Gasteiger partial charge < -0.3 is 10.6 Å². The van der Waals surface area contributed by atoms with Crippen LogP contribution in [0.1, 0.15) is 22.6 Å². The van der Waals surface area contributed by atoms with Crippen molar-refractivity contribution in [2.45, 2.75) is 32.1 Å². The van der Waals surface area contributed by atoms with E-state index in [1.165, 1.54) is 0 Å². The Morgan fingerprint density at radius 3 is 2.59 bits per heavy atom. The molecule has 7 nitrogen and oxygen atoms in total. The molecule has 140 valence electrons. The lowest BCUT2D eigenvalue weighted by molar-refractivity contribution is -0.144. The highest BCUT2D eigenvalue weighted by Gasteiger charge is 2.38. The summed E-state index contributed by atoms with van der Waals surface area (Å²) < 4.78 is 40.2. The van der Waals surface area contributed by atoms with Crippen molar-refractivity contribution < 1.29 is 18.0 Å². The van der Waals surface area contributed by atoms with Crippen molar-refractivity contribution in [1.82, 2.24) is 19.6 Å². The van der Waals surface area contributed by atoms with E-state index in [1.54, 1.807) is 17.9 Å². The number of nitrogens with zero attached hydrogens (tertiary/aromatic N) is 5. The minimum atomic E-state index is -4.70. The van der Waals surface area contributed by atoms with Crippen LogP contribution >= 0.6 is 0 Å². The van der Waals surface area contributed by atoms with Gasteiger partial charge in [-0.15, -0.1) is 5.10 Å². The van der Waals surface area contributed by atoms with Crippen LogP contribution in [-0.4, -0.2) is 31.5 Å². The number of nitrogens with two attached hydrogens (primary N) is 1. The quantitative estimate of drug-likeness (QED) is 0.738. The molecule has 1 amide bonds. The molecule has 4 rings (SSSR count). The Labute approximate surface area is 151 Å². The minimum absolute atomic E-state index is 0.181. The molecular formula is C17H15F3N6O. The number of amides is 1. The number of benzene rings is 1. The number of anilines is 1. The standard InChI is InChI=1S/C17H15F3N6O/c1-9-6-13(26-16(22-9)23-15(24-26)17(18,19)20)25-8-11-5-3-2-4-10(11)7-12(25)14(21)27/h2-6,12H,7-8H2,1H3,(H2,21,27)/t12-/m1/s1. The van der Waals surface area contributed by atoms with Crippen molar-refractivity contribution in [1.29, 1.82) is 0 Å². The summed E-state index contributed by atoms with van der Waals surface area (Å²) in [5.41, 5.74) is 7.99. The number of aromatic nitrogens is 4. The SMILES string of the molecule is Cc1cc(N2Cc3ccccc3C[C@@H]2C(N)=O)n2nc(C(F)(F)F)nc2n1. The van der Waals surface area contributed by atoms with E-state index in [4.69, 9.17) is 5.73 Å². The number of halogens is 3. The molecule has 1 aliphatic heterocycles. The van der Waals surface area contributed by atoms with E-state index in [0.29, 0.717) is 24.5 Å². The van der Waals surface area contributed by atoms with Gasteiger partial charge in [0.1, 0.15) is 11.9 Å². The van der Waals surface area contributed by atoms with Gasteiger partial charge in [-0.1, -0.05) is 24.3 Å². The highest BCUT2D eigenvalue weighted by Crippen LogP contribution is 2.31. The molecule has 3 heterocycles. The van der Waals surface area contributed by atoms with Crippen LogP contribution in [-0.2, 0) is 23.9 Å². The van der Waals surface area contributed by atoms with E-state index < -0.39 is 23.9 Å². The van der Waals surface area contributed by atoms with Crippen molar-refractivity contribution in [3.8, 4) is 0 Å². The lowest BCUT2D eigenvalue weighted by Gasteiger charge is -2.36.